The van der Waals surface area contributed by atoms with Gasteiger partial charge < -0.3 is 15.6 Å². The number of esters is 1. The lowest BCUT2D eigenvalue weighted by atomic mass is 9.98. The number of methoxy groups -OCH3 is 1. The summed E-state index contributed by atoms with van der Waals surface area (Å²) in [5, 5.41) is 8.96. The largest absolute Gasteiger partial charge is 0.468 e. The van der Waals surface area contributed by atoms with E-state index in [4.69, 9.17) is 10.8 Å². The van der Waals surface area contributed by atoms with Crippen LogP contribution in [0, 0.1) is 0 Å². The van der Waals surface area contributed by atoms with Crippen LogP contribution in [-0.4, -0.2) is 29.8 Å². The van der Waals surface area contributed by atoms with E-state index in [-0.39, 0.29) is 0 Å². The predicted molar refractivity (Wildman–Crippen MR) is 36.3 cm³/mol. The topological polar surface area (TPSA) is 72.5 Å². The molecule has 0 amide bonds. The highest BCUT2D eigenvalue weighted by Crippen LogP contribution is 2.06. The van der Waals surface area contributed by atoms with Gasteiger partial charge in [0.2, 0.25) is 0 Å². The number of carbonyl (C=O) groups is 1. The van der Waals surface area contributed by atoms with Crippen molar-refractivity contribution in [3.05, 3.63) is 0 Å². The fourth-order valence-corrected chi connectivity index (χ4v) is 0.390. The van der Waals surface area contributed by atoms with Crippen molar-refractivity contribution in [2.75, 3.05) is 7.11 Å². The monoisotopic (exact) mass is 147 g/mol. The van der Waals surface area contributed by atoms with Crippen LogP contribution in [0.3, 0.4) is 0 Å². The van der Waals surface area contributed by atoms with E-state index in [9.17, 15) is 4.79 Å². The van der Waals surface area contributed by atoms with Gasteiger partial charge >= 0.3 is 5.97 Å². The van der Waals surface area contributed by atoms with Gasteiger partial charge in [-0.15, -0.1) is 0 Å². The second-order valence-corrected chi connectivity index (χ2v) is 2.45. The average molecular weight is 147 g/mol. The maximum Gasteiger partial charge on any atom is 0.328 e. The Morgan fingerprint density at radius 3 is 2.30 bits per heavy atom. The Labute approximate surface area is 60.0 Å². The van der Waals surface area contributed by atoms with Gasteiger partial charge in [0, 0.05) is 0 Å². The molecule has 4 heteroatoms. The summed E-state index contributed by atoms with van der Waals surface area (Å²) in [6, 6.07) is 0. The van der Waals surface area contributed by atoms with E-state index in [1.54, 1.807) is 0 Å². The van der Waals surface area contributed by atoms with Gasteiger partial charge in [0.05, 0.1) is 13.2 Å². The standard InChI is InChI=1S/C6H13NO3/c1-4(8)6(2,7)5(9)10-3/h4,8H,7H2,1-3H3. The Bertz CT molecular complexity index is 131. The van der Waals surface area contributed by atoms with Crippen LogP contribution in [0.25, 0.3) is 0 Å². The Hall–Kier alpha value is -0.610. The summed E-state index contributed by atoms with van der Waals surface area (Å²) in [7, 11) is 1.23. The maximum absolute atomic E-state index is 10.8. The Balaban J connectivity index is 4.24. The highest BCUT2D eigenvalue weighted by atomic mass is 16.5. The molecule has 0 saturated heterocycles. The van der Waals surface area contributed by atoms with E-state index in [1.807, 2.05) is 0 Å². The minimum Gasteiger partial charge on any atom is -0.468 e. The number of aliphatic hydroxyl groups is 1. The first-order valence-electron chi connectivity index (χ1n) is 2.98. The summed E-state index contributed by atoms with van der Waals surface area (Å²) >= 11 is 0. The number of nitrogens with two attached hydrogens (primary N) is 1. The minimum atomic E-state index is -1.30. The molecule has 4 nitrogen and oxygen atoms in total. The van der Waals surface area contributed by atoms with Crippen molar-refractivity contribution in [3.8, 4) is 0 Å². The summed E-state index contributed by atoms with van der Waals surface area (Å²) in [6.07, 6.45) is -0.903. The molecule has 0 aromatic heterocycles. The third-order valence-corrected chi connectivity index (χ3v) is 1.49. The lowest BCUT2D eigenvalue weighted by Gasteiger charge is -2.23. The number of hydrogen-bond acceptors (Lipinski definition) is 4. The lowest BCUT2D eigenvalue weighted by molar-refractivity contribution is -0.150. The van der Waals surface area contributed by atoms with Crippen molar-refractivity contribution in [1.82, 2.24) is 0 Å². The predicted octanol–water partition coefficient (Wildman–Crippen LogP) is -0.742. The molecular weight excluding hydrogens is 134 g/mol. The first-order chi connectivity index (χ1) is 4.42. The molecule has 0 saturated carbocycles. The van der Waals surface area contributed by atoms with Crippen LogP contribution in [0.2, 0.25) is 0 Å². The molecule has 0 aliphatic heterocycles. The zero-order valence-electron chi connectivity index (χ0n) is 6.42. The summed E-state index contributed by atoms with van der Waals surface area (Å²) in [4.78, 5) is 10.8. The van der Waals surface area contributed by atoms with Crippen molar-refractivity contribution in [1.29, 1.82) is 0 Å². The fourth-order valence-electron chi connectivity index (χ4n) is 0.390. The SMILES string of the molecule is COC(=O)C(C)(N)C(C)O. The van der Waals surface area contributed by atoms with Gasteiger partial charge in [-0.1, -0.05) is 0 Å². The van der Waals surface area contributed by atoms with Crippen molar-refractivity contribution >= 4 is 5.97 Å². The summed E-state index contributed by atoms with van der Waals surface area (Å²) in [6.45, 7) is 2.86. The molecule has 0 aliphatic carbocycles. The molecule has 10 heavy (non-hydrogen) atoms. The zero-order chi connectivity index (χ0) is 8.36. The van der Waals surface area contributed by atoms with Gasteiger partial charge in [-0.3, -0.25) is 0 Å². The van der Waals surface area contributed by atoms with Crippen LogP contribution in [0.15, 0.2) is 0 Å². The van der Waals surface area contributed by atoms with Gasteiger partial charge in [0.1, 0.15) is 5.54 Å². The molecule has 0 radical (unpaired) electrons. The van der Waals surface area contributed by atoms with Crippen LogP contribution >= 0.6 is 0 Å². The Kier molecular flexibility index (Phi) is 2.80. The summed E-state index contributed by atoms with van der Waals surface area (Å²) in [5.74, 6) is -0.609. The van der Waals surface area contributed by atoms with Gasteiger partial charge in [-0.05, 0) is 13.8 Å². The van der Waals surface area contributed by atoms with Crippen molar-refractivity contribution in [3.63, 3.8) is 0 Å². The smallest absolute Gasteiger partial charge is 0.328 e. The van der Waals surface area contributed by atoms with Crippen LogP contribution in [0.4, 0.5) is 0 Å². The number of aliphatic hydroxyl groups excluding tert-OH is 1. The number of rotatable bonds is 2. The molecule has 0 aromatic carbocycles. The highest BCUT2D eigenvalue weighted by molar-refractivity contribution is 5.80. The Morgan fingerprint density at radius 1 is 1.80 bits per heavy atom. The van der Waals surface area contributed by atoms with E-state index in [0.29, 0.717) is 0 Å². The number of ether oxygens (including phenoxy) is 1. The molecule has 0 heterocycles. The van der Waals surface area contributed by atoms with Crippen LogP contribution < -0.4 is 5.73 Å². The molecule has 0 aliphatic rings. The van der Waals surface area contributed by atoms with E-state index in [2.05, 4.69) is 4.74 Å². The molecular formula is C6H13NO3. The summed E-state index contributed by atoms with van der Waals surface area (Å²) < 4.78 is 4.35. The fraction of sp³-hybridized carbons (Fsp3) is 0.833. The van der Waals surface area contributed by atoms with Gasteiger partial charge in [0.15, 0.2) is 0 Å². The van der Waals surface area contributed by atoms with E-state index >= 15 is 0 Å². The molecule has 0 bridgehead atoms. The molecule has 2 unspecified atom stereocenters. The minimum absolute atomic E-state index is 0.609. The normalized spacial score (nSPS) is 19.3. The molecule has 0 aromatic rings. The highest BCUT2D eigenvalue weighted by Gasteiger charge is 2.34. The lowest BCUT2D eigenvalue weighted by Crippen LogP contribution is -2.54. The third kappa shape index (κ3) is 1.68. The average Bonchev–Trinajstić information content (AvgIpc) is 1.86. The quantitative estimate of drug-likeness (QED) is 0.504. The van der Waals surface area contributed by atoms with Crippen molar-refractivity contribution in [2.45, 2.75) is 25.5 Å². The second-order valence-electron chi connectivity index (χ2n) is 2.45. The molecule has 3 N–H and O–H groups in total. The third-order valence-electron chi connectivity index (χ3n) is 1.49. The van der Waals surface area contributed by atoms with Gasteiger partial charge in [0.25, 0.3) is 0 Å². The molecule has 60 valence electrons. The van der Waals surface area contributed by atoms with E-state index in [0.717, 1.165) is 0 Å². The summed E-state index contributed by atoms with van der Waals surface area (Å²) in [5.41, 5.74) is 4.09. The first kappa shape index (κ1) is 9.39. The molecule has 0 spiro atoms. The van der Waals surface area contributed by atoms with E-state index < -0.39 is 17.6 Å². The van der Waals surface area contributed by atoms with Crippen molar-refractivity contribution in [2.24, 2.45) is 5.73 Å². The van der Waals surface area contributed by atoms with Crippen molar-refractivity contribution < 1.29 is 14.6 Å². The van der Waals surface area contributed by atoms with Crippen LogP contribution in [-0.2, 0) is 9.53 Å². The second kappa shape index (κ2) is 2.98. The molecule has 0 fully saturated rings. The molecule has 2 atom stereocenters. The number of carbonyl (C=O) groups excluding carboxylic acids is 1. The van der Waals surface area contributed by atoms with E-state index in [1.165, 1.54) is 21.0 Å². The first-order valence-corrected chi connectivity index (χ1v) is 2.98. The maximum atomic E-state index is 10.8. The molecule has 0 rings (SSSR count). The number of hydrogen-bond donors (Lipinski definition) is 2. The Morgan fingerprint density at radius 2 is 2.20 bits per heavy atom. The van der Waals surface area contributed by atoms with Crippen LogP contribution in [0.1, 0.15) is 13.8 Å². The van der Waals surface area contributed by atoms with Crippen LogP contribution in [0.5, 0.6) is 0 Å². The van der Waals surface area contributed by atoms with Gasteiger partial charge in [-0.25, -0.2) is 4.79 Å². The van der Waals surface area contributed by atoms with Gasteiger partial charge in [-0.2, -0.15) is 0 Å². The zero-order valence-corrected chi connectivity index (χ0v) is 6.42.